The minimum atomic E-state index is -5.22. The number of carbonyl (C=O) groups excluding carboxylic acids is 1. The van der Waals surface area contributed by atoms with Crippen molar-refractivity contribution in [3.63, 3.8) is 0 Å². The number of hydrogen-bond acceptors (Lipinski definition) is 8. The third kappa shape index (κ3) is 6.94. The average Bonchev–Trinajstić information content (AvgIpc) is 3.04. The zero-order valence-electron chi connectivity index (χ0n) is 25.8. The van der Waals surface area contributed by atoms with Crippen LogP contribution in [0.3, 0.4) is 0 Å². The number of anilines is 2. The van der Waals surface area contributed by atoms with Crippen LogP contribution in [0, 0.1) is 5.82 Å². The molecule has 0 bridgehead atoms. The van der Waals surface area contributed by atoms with E-state index in [0.29, 0.717) is 31.1 Å². The summed E-state index contributed by atoms with van der Waals surface area (Å²) >= 11 is 0. The van der Waals surface area contributed by atoms with Gasteiger partial charge >= 0.3 is 12.3 Å². The molecule has 46 heavy (non-hydrogen) atoms. The minimum absolute atomic E-state index is 0.0451. The van der Waals surface area contributed by atoms with Crippen molar-refractivity contribution < 1.29 is 31.8 Å². The highest BCUT2D eigenvalue weighted by Crippen LogP contribution is 2.42. The molecule has 0 N–H and O–H groups in total. The number of hydrogen-bond donors (Lipinski definition) is 0. The largest absolute Gasteiger partial charge is 0.573 e. The molecule has 1 saturated heterocycles. The van der Waals surface area contributed by atoms with Crippen molar-refractivity contribution in [2.24, 2.45) is 0 Å². The molecule has 0 radical (unpaired) electrons. The van der Waals surface area contributed by atoms with Gasteiger partial charge < -0.3 is 23.8 Å². The van der Waals surface area contributed by atoms with Gasteiger partial charge in [0.25, 0.3) is 0 Å². The predicted molar refractivity (Wildman–Crippen MR) is 167 cm³/mol. The molecular formula is C33H35F4N5O4. The van der Waals surface area contributed by atoms with Crippen molar-refractivity contribution in [3.8, 4) is 11.4 Å². The third-order valence-electron chi connectivity index (χ3n) is 7.97. The van der Waals surface area contributed by atoms with Crippen molar-refractivity contribution >= 4 is 28.4 Å². The van der Waals surface area contributed by atoms with E-state index in [1.54, 1.807) is 31.3 Å². The summed E-state index contributed by atoms with van der Waals surface area (Å²) in [5.74, 6) is -2.24. The van der Waals surface area contributed by atoms with E-state index in [-0.39, 0.29) is 25.2 Å². The van der Waals surface area contributed by atoms with Gasteiger partial charge in [-0.3, -0.25) is 9.69 Å². The summed E-state index contributed by atoms with van der Waals surface area (Å²) in [6.07, 6.45) is -2.45. The van der Waals surface area contributed by atoms with Crippen LogP contribution in [0.4, 0.5) is 29.1 Å². The number of piperazine rings is 1. The number of carbonyl (C=O) groups is 1. The lowest BCUT2D eigenvalue weighted by Gasteiger charge is -2.37. The zero-order valence-corrected chi connectivity index (χ0v) is 25.8. The van der Waals surface area contributed by atoms with E-state index < -0.39 is 46.0 Å². The molecule has 1 aliphatic rings. The fourth-order valence-corrected chi connectivity index (χ4v) is 5.65. The highest BCUT2D eigenvalue weighted by Gasteiger charge is 2.37. The van der Waals surface area contributed by atoms with Crippen LogP contribution in [-0.4, -0.2) is 72.7 Å². The lowest BCUT2D eigenvalue weighted by atomic mass is 10.1. The monoisotopic (exact) mass is 641 g/mol. The molecule has 13 heteroatoms. The number of rotatable bonds is 10. The number of pyridine rings is 2. The second-order valence-electron chi connectivity index (χ2n) is 10.7. The van der Waals surface area contributed by atoms with E-state index in [1.807, 2.05) is 43.0 Å². The van der Waals surface area contributed by atoms with Crippen LogP contribution in [0.2, 0.25) is 0 Å². The van der Waals surface area contributed by atoms with Gasteiger partial charge in [0.05, 0.1) is 12.0 Å². The first-order valence-corrected chi connectivity index (χ1v) is 15.1. The SMILES string of the molecule is CCOC(=O)c1cn(-c2ccc(CN(CC)CC)cc2)c2c(OC(F)(F)F)c(N3CCN(c4ccccn4)CC3)c(F)cc2c1=O. The topological polar surface area (TPSA) is 80.1 Å². The Morgan fingerprint density at radius 3 is 2.24 bits per heavy atom. The summed E-state index contributed by atoms with van der Waals surface area (Å²) in [6.45, 7) is 8.90. The first-order chi connectivity index (χ1) is 22.0. The van der Waals surface area contributed by atoms with Crippen molar-refractivity contribution in [2.75, 3.05) is 55.7 Å². The Kier molecular flexibility index (Phi) is 9.80. The molecule has 4 aromatic rings. The molecule has 0 amide bonds. The normalized spacial score (nSPS) is 13.8. The van der Waals surface area contributed by atoms with E-state index >= 15 is 4.39 Å². The van der Waals surface area contributed by atoms with Gasteiger partial charge in [0.2, 0.25) is 5.43 Å². The van der Waals surface area contributed by atoms with Crippen molar-refractivity contribution in [1.82, 2.24) is 14.5 Å². The van der Waals surface area contributed by atoms with E-state index in [9.17, 15) is 22.8 Å². The second-order valence-corrected chi connectivity index (χ2v) is 10.7. The van der Waals surface area contributed by atoms with Gasteiger partial charge in [-0.15, -0.1) is 13.2 Å². The van der Waals surface area contributed by atoms with Crippen LogP contribution in [0.1, 0.15) is 36.7 Å². The maximum atomic E-state index is 16.0. The summed E-state index contributed by atoms with van der Waals surface area (Å²) in [5.41, 5.74) is -0.886. The van der Waals surface area contributed by atoms with E-state index in [2.05, 4.69) is 14.6 Å². The number of nitrogens with zero attached hydrogens (tertiary/aromatic N) is 5. The van der Waals surface area contributed by atoms with Crippen LogP contribution >= 0.6 is 0 Å². The fraction of sp³-hybridized carbons (Fsp3) is 0.364. The van der Waals surface area contributed by atoms with Crippen molar-refractivity contribution in [3.05, 3.63) is 88.1 Å². The summed E-state index contributed by atoms with van der Waals surface area (Å²) in [7, 11) is 0. The lowest BCUT2D eigenvalue weighted by Crippen LogP contribution is -2.47. The van der Waals surface area contributed by atoms with Crippen LogP contribution < -0.4 is 20.0 Å². The Bertz CT molecular complexity index is 1730. The van der Waals surface area contributed by atoms with Crippen LogP contribution in [0.5, 0.6) is 5.75 Å². The minimum Gasteiger partial charge on any atom is -0.462 e. The van der Waals surface area contributed by atoms with Gasteiger partial charge in [-0.1, -0.05) is 32.0 Å². The molecular weight excluding hydrogens is 606 g/mol. The maximum absolute atomic E-state index is 16.0. The molecule has 0 saturated carbocycles. The summed E-state index contributed by atoms with van der Waals surface area (Å²) in [5, 5.41) is -0.453. The molecule has 2 aromatic carbocycles. The van der Waals surface area contributed by atoms with Crippen molar-refractivity contribution in [2.45, 2.75) is 33.7 Å². The van der Waals surface area contributed by atoms with Crippen LogP contribution in [0.25, 0.3) is 16.6 Å². The number of benzene rings is 2. The highest BCUT2D eigenvalue weighted by molar-refractivity contribution is 5.98. The Labute approximate surface area is 263 Å². The summed E-state index contributed by atoms with van der Waals surface area (Å²) in [6, 6.07) is 13.3. The maximum Gasteiger partial charge on any atom is 0.573 e. The predicted octanol–water partition coefficient (Wildman–Crippen LogP) is 5.77. The number of fused-ring (bicyclic) bond motifs is 1. The average molecular weight is 642 g/mol. The second kappa shape index (κ2) is 13.8. The summed E-state index contributed by atoms with van der Waals surface area (Å²) < 4.78 is 69.1. The quantitative estimate of drug-likeness (QED) is 0.160. The molecule has 1 fully saturated rings. The van der Waals surface area contributed by atoms with Crippen LogP contribution in [-0.2, 0) is 11.3 Å². The number of aromatic nitrogens is 2. The van der Waals surface area contributed by atoms with E-state index in [0.717, 1.165) is 30.9 Å². The Morgan fingerprint density at radius 2 is 1.65 bits per heavy atom. The first kappa shape index (κ1) is 32.7. The first-order valence-electron chi connectivity index (χ1n) is 15.1. The van der Waals surface area contributed by atoms with Gasteiger partial charge in [-0.05, 0) is 55.9 Å². The number of alkyl halides is 3. The van der Waals surface area contributed by atoms with E-state index in [4.69, 9.17) is 4.74 Å². The standard InChI is InChI=1S/C33H35F4N5O4/c1-4-39(5-2)20-22-10-12-23(13-11-22)42-21-25(32(44)45-6-3)30(43)24-19-26(34)29(31(28(24)42)46-33(35,36)37)41-17-15-40(16-18-41)27-9-7-8-14-38-27/h7-14,19,21H,4-6,15-18,20H2,1-3H3. The molecule has 9 nitrogen and oxygen atoms in total. The molecule has 5 rings (SSSR count). The Hall–Kier alpha value is -4.65. The third-order valence-corrected chi connectivity index (χ3v) is 7.97. The van der Waals surface area contributed by atoms with Gasteiger partial charge in [0, 0.05) is 50.8 Å². The molecule has 2 aromatic heterocycles. The van der Waals surface area contributed by atoms with Gasteiger partial charge in [0.1, 0.15) is 22.6 Å². The smallest absolute Gasteiger partial charge is 0.462 e. The number of esters is 1. The molecule has 244 valence electrons. The highest BCUT2D eigenvalue weighted by atomic mass is 19.4. The number of ether oxygens (including phenoxy) is 2. The lowest BCUT2D eigenvalue weighted by molar-refractivity contribution is -0.274. The molecule has 0 atom stereocenters. The molecule has 0 spiro atoms. The fourth-order valence-electron chi connectivity index (χ4n) is 5.65. The van der Waals surface area contributed by atoms with Crippen LogP contribution in [0.15, 0.2) is 65.7 Å². The molecule has 0 unspecified atom stereocenters. The van der Waals surface area contributed by atoms with Gasteiger partial charge in [0.15, 0.2) is 11.6 Å². The van der Waals surface area contributed by atoms with E-state index in [1.165, 1.54) is 9.47 Å². The van der Waals surface area contributed by atoms with Crippen molar-refractivity contribution in [1.29, 1.82) is 0 Å². The molecule has 0 aliphatic carbocycles. The number of halogens is 4. The molecule has 1 aliphatic heterocycles. The van der Waals surface area contributed by atoms with Gasteiger partial charge in [-0.25, -0.2) is 14.2 Å². The zero-order chi connectivity index (χ0) is 33.0. The van der Waals surface area contributed by atoms with Gasteiger partial charge in [-0.2, -0.15) is 0 Å². The Balaban J connectivity index is 1.69. The summed E-state index contributed by atoms with van der Waals surface area (Å²) in [4.78, 5) is 36.3. The Morgan fingerprint density at radius 1 is 0.978 bits per heavy atom. The molecule has 3 heterocycles.